The fraction of sp³-hybridized carbons (Fsp3) is 0.261. The van der Waals surface area contributed by atoms with Gasteiger partial charge in [0.1, 0.15) is 12.0 Å². The quantitative estimate of drug-likeness (QED) is 0.497. The summed E-state index contributed by atoms with van der Waals surface area (Å²) in [5.74, 6) is 1.45. The highest BCUT2D eigenvalue weighted by atomic mass is 16.5. The summed E-state index contributed by atoms with van der Waals surface area (Å²) in [4.78, 5) is 8.87. The fourth-order valence-corrected chi connectivity index (χ4v) is 3.81. The van der Waals surface area contributed by atoms with E-state index in [1.807, 2.05) is 55.9 Å². The van der Waals surface area contributed by atoms with E-state index in [9.17, 15) is 0 Å². The zero-order valence-electron chi connectivity index (χ0n) is 18.2. The van der Waals surface area contributed by atoms with Gasteiger partial charge in [0.25, 0.3) is 0 Å². The number of nitriles is 1. The second kappa shape index (κ2) is 8.03. The molecule has 0 amide bonds. The third-order valence-electron chi connectivity index (χ3n) is 5.42. The van der Waals surface area contributed by atoms with Gasteiger partial charge in [-0.15, -0.1) is 0 Å². The number of aromatic nitrogens is 6. The lowest BCUT2D eigenvalue weighted by Gasteiger charge is -2.07. The van der Waals surface area contributed by atoms with Gasteiger partial charge in [-0.25, -0.2) is 14.6 Å². The average molecular weight is 413 g/mol. The third kappa shape index (κ3) is 3.66. The molecule has 0 saturated carbocycles. The van der Waals surface area contributed by atoms with Crippen LogP contribution in [0.25, 0.3) is 17.1 Å². The molecule has 156 valence electrons. The van der Waals surface area contributed by atoms with Gasteiger partial charge in [0.2, 0.25) is 0 Å². The van der Waals surface area contributed by atoms with Crippen LogP contribution in [0.2, 0.25) is 0 Å². The molecule has 4 aromatic rings. The Kier molecular flexibility index (Phi) is 5.26. The Morgan fingerprint density at radius 1 is 1.06 bits per heavy atom. The fourth-order valence-electron chi connectivity index (χ4n) is 3.81. The number of hydrogen-bond acceptors (Lipinski definition) is 6. The monoisotopic (exact) mass is 413 g/mol. The Hall–Kier alpha value is -3.99. The van der Waals surface area contributed by atoms with Crippen LogP contribution in [-0.2, 0) is 13.5 Å². The van der Waals surface area contributed by atoms with Gasteiger partial charge in [0, 0.05) is 30.8 Å². The molecule has 8 heteroatoms. The minimum absolute atomic E-state index is 0.609. The van der Waals surface area contributed by atoms with Crippen molar-refractivity contribution in [2.45, 2.75) is 27.2 Å². The molecule has 0 unspecified atom stereocenters. The number of rotatable bonds is 5. The molecule has 0 aliphatic carbocycles. The molecule has 3 heterocycles. The lowest BCUT2D eigenvalue weighted by Crippen LogP contribution is -2.06. The van der Waals surface area contributed by atoms with Crippen molar-refractivity contribution < 1.29 is 4.74 Å². The van der Waals surface area contributed by atoms with Crippen molar-refractivity contribution in [1.29, 1.82) is 5.26 Å². The van der Waals surface area contributed by atoms with Crippen molar-refractivity contribution >= 4 is 0 Å². The lowest BCUT2D eigenvalue weighted by atomic mass is 10.0. The predicted octanol–water partition coefficient (Wildman–Crippen LogP) is 3.46. The summed E-state index contributed by atoms with van der Waals surface area (Å²) in [5.41, 5.74) is 7.24. The molecule has 8 nitrogen and oxygen atoms in total. The van der Waals surface area contributed by atoms with Crippen molar-refractivity contribution in [3.05, 3.63) is 70.6 Å². The first-order valence-corrected chi connectivity index (χ1v) is 9.87. The summed E-state index contributed by atoms with van der Waals surface area (Å²) >= 11 is 0. The van der Waals surface area contributed by atoms with E-state index < -0.39 is 0 Å². The summed E-state index contributed by atoms with van der Waals surface area (Å²) in [7, 11) is 3.58. The zero-order valence-corrected chi connectivity index (χ0v) is 18.2. The van der Waals surface area contributed by atoms with Crippen LogP contribution >= 0.6 is 0 Å². The van der Waals surface area contributed by atoms with Gasteiger partial charge in [-0.3, -0.25) is 4.68 Å². The Balaban J connectivity index is 1.67. The summed E-state index contributed by atoms with van der Waals surface area (Å²) in [6, 6.07) is 11.6. The Bertz CT molecular complexity index is 1290. The number of methoxy groups -OCH3 is 1. The molecule has 0 bridgehead atoms. The second-order valence-corrected chi connectivity index (χ2v) is 7.39. The van der Waals surface area contributed by atoms with E-state index in [1.165, 1.54) is 0 Å². The second-order valence-electron chi connectivity index (χ2n) is 7.39. The maximum atomic E-state index is 9.02. The first kappa shape index (κ1) is 20.3. The van der Waals surface area contributed by atoms with E-state index in [2.05, 4.69) is 28.1 Å². The Morgan fingerprint density at radius 2 is 1.81 bits per heavy atom. The van der Waals surface area contributed by atoms with E-state index in [0.717, 1.165) is 45.3 Å². The molecule has 0 radical (unpaired) electrons. The maximum Gasteiger partial charge on any atom is 0.163 e. The minimum atomic E-state index is 0.609. The molecule has 0 N–H and O–H groups in total. The zero-order chi connectivity index (χ0) is 22.1. The normalized spacial score (nSPS) is 10.8. The highest BCUT2D eigenvalue weighted by Gasteiger charge is 2.17. The largest absolute Gasteiger partial charge is 0.493 e. The van der Waals surface area contributed by atoms with Crippen molar-refractivity contribution in [2.24, 2.45) is 7.05 Å². The SMILES string of the molecule is COc1c(C)nn(-c2cc(Cc3c(C)c(-c4ccc(C#N)cc4)nn3C)ncn2)c1C. The van der Waals surface area contributed by atoms with Crippen molar-refractivity contribution in [2.75, 3.05) is 7.11 Å². The summed E-state index contributed by atoms with van der Waals surface area (Å²) in [6.07, 6.45) is 2.17. The molecule has 0 fully saturated rings. The van der Waals surface area contributed by atoms with E-state index in [0.29, 0.717) is 17.8 Å². The van der Waals surface area contributed by atoms with Gasteiger partial charge in [-0.2, -0.15) is 15.5 Å². The van der Waals surface area contributed by atoms with Gasteiger partial charge >= 0.3 is 0 Å². The van der Waals surface area contributed by atoms with Crippen molar-refractivity contribution in [1.82, 2.24) is 29.5 Å². The molecular formula is C23H23N7O. The van der Waals surface area contributed by atoms with Gasteiger partial charge in [-0.1, -0.05) is 12.1 Å². The third-order valence-corrected chi connectivity index (χ3v) is 5.42. The Labute approximate surface area is 180 Å². The predicted molar refractivity (Wildman–Crippen MR) is 116 cm³/mol. The number of ether oxygens (including phenoxy) is 1. The van der Waals surface area contributed by atoms with Crippen LogP contribution in [0.15, 0.2) is 36.7 Å². The molecule has 0 aliphatic heterocycles. The van der Waals surface area contributed by atoms with Gasteiger partial charge in [-0.05, 0) is 38.5 Å². The van der Waals surface area contributed by atoms with E-state index >= 15 is 0 Å². The molecule has 1 aromatic carbocycles. The molecule has 0 atom stereocenters. The topological polar surface area (TPSA) is 94.4 Å². The van der Waals surface area contributed by atoms with E-state index in [4.69, 9.17) is 15.1 Å². The molecule has 0 spiro atoms. The number of aryl methyl sites for hydroxylation is 2. The lowest BCUT2D eigenvalue weighted by molar-refractivity contribution is 0.408. The number of benzene rings is 1. The van der Waals surface area contributed by atoms with Crippen LogP contribution in [-0.4, -0.2) is 36.6 Å². The van der Waals surface area contributed by atoms with Crippen LogP contribution in [0, 0.1) is 32.1 Å². The van der Waals surface area contributed by atoms with Crippen LogP contribution in [0.1, 0.15) is 33.9 Å². The highest BCUT2D eigenvalue weighted by molar-refractivity contribution is 5.65. The van der Waals surface area contributed by atoms with Gasteiger partial charge in [0.15, 0.2) is 11.6 Å². The molecular weight excluding hydrogens is 390 g/mol. The van der Waals surface area contributed by atoms with E-state index in [-0.39, 0.29) is 0 Å². The van der Waals surface area contributed by atoms with E-state index in [1.54, 1.807) is 18.1 Å². The summed E-state index contributed by atoms with van der Waals surface area (Å²) in [6.45, 7) is 5.92. The molecule has 3 aromatic heterocycles. The first-order valence-electron chi connectivity index (χ1n) is 9.87. The maximum absolute atomic E-state index is 9.02. The van der Waals surface area contributed by atoms with Crippen LogP contribution in [0.3, 0.4) is 0 Å². The Morgan fingerprint density at radius 3 is 2.45 bits per heavy atom. The van der Waals surface area contributed by atoms with Gasteiger partial charge in [0.05, 0.1) is 35.8 Å². The summed E-state index contributed by atoms with van der Waals surface area (Å²) in [5, 5.41) is 18.3. The number of nitrogens with zero attached hydrogens (tertiary/aromatic N) is 7. The molecule has 31 heavy (non-hydrogen) atoms. The van der Waals surface area contributed by atoms with Crippen LogP contribution in [0.5, 0.6) is 5.75 Å². The van der Waals surface area contributed by atoms with Gasteiger partial charge < -0.3 is 4.74 Å². The smallest absolute Gasteiger partial charge is 0.163 e. The highest BCUT2D eigenvalue weighted by Crippen LogP contribution is 2.27. The standard InChI is InChI=1S/C23H23N7O/c1-14-20(29(4)28-22(14)18-8-6-17(12-24)7-9-18)10-19-11-21(26-13-25-19)30-16(3)23(31-5)15(2)27-30/h6-9,11,13H,10H2,1-5H3. The van der Waals surface area contributed by atoms with Crippen molar-refractivity contribution in [3.63, 3.8) is 0 Å². The van der Waals surface area contributed by atoms with Crippen molar-refractivity contribution in [3.8, 4) is 28.9 Å². The van der Waals surface area contributed by atoms with Crippen LogP contribution in [0.4, 0.5) is 0 Å². The number of hydrogen-bond donors (Lipinski definition) is 0. The molecule has 4 rings (SSSR count). The molecule has 0 saturated heterocycles. The first-order chi connectivity index (χ1) is 14.9. The van der Waals surface area contributed by atoms with Crippen LogP contribution < -0.4 is 4.74 Å². The molecule has 0 aliphatic rings. The minimum Gasteiger partial charge on any atom is -0.493 e. The average Bonchev–Trinajstić information content (AvgIpc) is 3.23. The summed E-state index contributed by atoms with van der Waals surface area (Å²) < 4.78 is 9.10.